The fourth-order valence-electron chi connectivity index (χ4n) is 2.98. The Morgan fingerprint density at radius 1 is 1.04 bits per heavy atom. The monoisotopic (exact) mass is 393 g/mol. The van der Waals surface area contributed by atoms with Crippen LogP contribution in [0.2, 0.25) is 0 Å². The van der Waals surface area contributed by atoms with Gasteiger partial charge >= 0.3 is 0 Å². The molecule has 0 saturated carbocycles. The van der Waals surface area contributed by atoms with Crippen molar-refractivity contribution in [2.75, 3.05) is 10.5 Å². The van der Waals surface area contributed by atoms with Crippen LogP contribution in [0, 0.1) is 13.8 Å². The summed E-state index contributed by atoms with van der Waals surface area (Å²) in [6.45, 7) is 3.75. The summed E-state index contributed by atoms with van der Waals surface area (Å²) in [5, 5.41) is 4.17. The summed E-state index contributed by atoms with van der Waals surface area (Å²) < 4.78 is 29.5. The van der Waals surface area contributed by atoms with E-state index in [2.05, 4.69) is 14.8 Å². The van der Waals surface area contributed by atoms with Gasteiger partial charge in [-0.25, -0.2) is 13.4 Å². The first-order chi connectivity index (χ1) is 13.3. The van der Waals surface area contributed by atoms with Gasteiger partial charge in [-0.3, -0.25) is 4.72 Å². The Hall–Kier alpha value is -3.39. The first kappa shape index (κ1) is 18.0. The van der Waals surface area contributed by atoms with E-state index >= 15 is 0 Å². The molecule has 2 heterocycles. The number of fused-ring (bicyclic) bond motifs is 1. The normalized spacial score (nSPS) is 11.6. The third-order valence-electron chi connectivity index (χ3n) is 4.57. The molecule has 0 atom stereocenters. The van der Waals surface area contributed by atoms with Gasteiger partial charge in [-0.05, 0) is 49.2 Å². The number of nitrogens with two attached hydrogens (primary N) is 1. The van der Waals surface area contributed by atoms with E-state index < -0.39 is 10.0 Å². The highest BCUT2D eigenvalue weighted by atomic mass is 32.2. The van der Waals surface area contributed by atoms with Gasteiger partial charge in [0.05, 0.1) is 16.8 Å². The van der Waals surface area contributed by atoms with Crippen LogP contribution in [0.1, 0.15) is 11.1 Å². The van der Waals surface area contributed by atoms with E-state index in [0.29, 0.717) is 17.2 Å². The highest BCUT2D eigenvalue weighted by molar-refractivity contribution is 7.92. The first-order valence-electron chi connectivity index (χ1n) is 8.64. The summed E-state index contributed by atoms with van der Waals surface area (Å²) in [5.74, 6) is 0.474. The maximum absolute atomic E-state index is 12.6. The van der Waals surface area contributed by atoms with Crippen LogP contribution in [0.25, 0.3) is 16.8 Å². The molecule has 28 heavy (non-hydrogen) atoms. The van der Waals surface area contributed by atoms with Crippen molar-refractivity contribution in [2.45, 2.75) is 18.7 Å². The minimum Gasteiger partial charge on any atom is -0.383 e. The molecule has 3 N–H and O–H groups in total. The van der Waals surface area contributed by atoms with Gasteiger partial charge in [0.15, 0.2) is 5.65 Å². The van der Waals surface area contributed by atoms with Gasteiger partial charge < -0.3 is 5.73 Å². The number of anilines is 2. The molecule has 0 aliphatic rings. The molecule has 8 heteroatoms. The Morgan fingerprint density at radius 3 is 2.50 bits per heavy atom. The molecule has 0 fully saturated rings. The third-order valence-corrected chi connectivity index (χ3v) is 5.95. The average molecular weight is 393 g/mol. The van der Waals surface area contributed by atoms with Gasteiger partial charge in [-0.1, -0.05) is 23.8 Å². The zero-order chi connectivity index (χ0) is 19.9. The van der Waals surface area contributed by atoms with E-state index in [1.54, 1.807) is 53.3 Å². The third kappa shape index (κ3) is 3.18. The minimum absolute atomic E-state index is 0.221. The van der Waals surface area contributed by atoms with Crippen LogP contribution in [-0.2, 0) is 10.0 Å². The summed E-state index contributed by atoms with van der Waals surface area (Å²) in [4.78, 5) is 4.57. The second-order valence-corrected chi connectivity index (χ2v) is 8.29. The quantitative estimate of drug-likeness (QED) is 0.553. The largest absolute Gasteiger partial charge is 0.383 e. The van der Waals surface area contributed by atoms with Gasteiger partial charge in [0.1, 0.15) is 5.82 Å². The van der Waals surface area contributed by atoms with Crippen molar-refractivity contribution in [3.05, 3.63) is 72.1 Å². The Balaban J connectivity index is 1.68. The number of hydrogen-bond donors (Lipinski definition) is 2. The predicted molar refractivity (Wildman–Crippen MR) is 110 cm³/mol. The molecule has 0 amide bonds. The standard InChI is InChI=1S/C20H19N5O2S/c1-13-3-6-16(7-4-13)28(26,27)24-18-8-5-15(11-14(18)2)17-12-22-19-9-10-23-25(19)20(17)21/h3-12,24H,21H2,1-2H3. The zero-order valence-corrected chi connectivity index (χ0v) is 16.2. The predicted octanol–water partition coefficient (Wildman–Crippen LogP) is 3.40. The van der Waals surface area contributed by atoms with Crippen LogP contribution in [0.5, 0.6) is 0 Å². The van der Waals surface area contributed by atoms with Gasteiger partial charge in [0, 0.05) is 17.8 Å². The molecule has 4 aromatic rings. The lowest BCUT2D eigenvalue weighted by molar-refractivity contribution is 0.601. The van der Waals surface area contributed by atoms with Gasteiger partial charge in [0.25, 0.3) is 10.0 Å². The number of aryl methyl sites for hydroxylation is 2. The molecule has 0 radical (unpaired) electrons. The Labute approximate surface area is 162 Å². The highest BCUT2D eigenvalue weighted by Gasteiger charge is 2.16. The molecule has 0 spiro atoms. The van der Waals surface area contributed by atoms with Crippen molar-refractivity contribution in [3.63, 3.8) is 0 Å². The van der Waals surface area contributed by atoms with Crippen LogP contribution in [0.4, 0.5) is 11.5 Å². The second kappa shape index (κ2) is 6.65. The molecule has 0 aliphatic carbocycles. The molecule has 2 aromatic carbocycles. The van der Waals surface area contributed by atoms with Crippen molar-refractivity contribution in [3.8, 4) is 11.1 Å². The number of hydrogen-bond acceptors (Lipinski definition) is 5. The van der Waals surface area contributed by atoms with Crippen molar-refractivity contribution in [1.82, 2.24) is 14.6 Å². The van der Waals surface area contributed by atoms with Crippen molar-refractivity contribution < 1.29 is 8.42 Å². The Bertz CT molecular complexity index is 1280. The Morgan fingerprint density at radius 2 is 1.79 bits per heavy atom. The van der Waals surface area contributed by atoms with Gasteiger partial charge in [-0.15, -0.1) is 0 Å². The van der Waals surface area contributed by atoms with Gasteiger partial charge in [0.2, 0.25) is 0 Å². The number of rotatable bonds is 4. The lowest BCUT2D eigenvalue weighted by Gasteiger charge is -2.13. The number of sulfonamides is 1. The summed E-state index contributed by atoms with van der Waals surface area (Å²) in [6, 6.07) is 13.9. The van der Waals surface area contributed by atoms with E-state index in [0.717, 1.165) is 22.3 Å². The second-order valence-electron chi connectivity index (χ2n) is 6.61. The lowest BCUT2D eigenvalue weighted by Crippen LogP contribution is -2.13. The Kier molecular flexibility index (Phi) is 4.27. The van der Waals surface area contributed by atoms with E-state index in [-0.39, 0.29) is 4.90 Å². The van der Waals surface area contributed by atoms with Crippen LogP contribution >= 0.6 is 0 Å². The minimum atomic E-state index is -3.66. The average Bonchev–Trinajstić information content (AvgIpc) is 3.14. The maximum atomic E-state index is 12.6. The SMILES string of the molecule is Cc1ccc(S(=O)(=O)Nc2ccc(-c3cnc4ccnn4c3N)cc2C)cc1. The molecule has 142 valence electrons. The molecule has 0 bridgehead atoms. The molecule has 2 aromatic heterocycles. The molecule has 0 aliphatic heterocycles. The topological polar surface area (TPSA) is 102 Å². The van der Waals surface area contributed by atoms with Crippen molar-refractivity contribution >= 4 is 27.2 Å². The first-order valence-corrected chi connectivity index (χ1v) is 10.1. The summed E-state index contributed by atoms with van der Waals surface area (Å²) in [7, 11) is -3.66. The smallest absolute Gasteiger partial charge is 0.261 e. The molecular weight excluding hydrogens is 374 g/mol. The number of aromatic nitrogens is 3. The van der Waals surface area contributed by atoms with Crippen LogP contribution in [-0.4, -0.2) is 23.0 Å². The number of benzene rings is 2. The summed E-state index contributed by atoms with van der Waals surface area (Å²) in [5.41, 5.74) is 10.7. The van der Waals surface area contributed by atoms with E-state index in [4.69, 9.17) is 5.73 Å². The van der Waals surface area contributed by atoms with Crippen LogP contribution in [0.3, 0.4) is 0 Å². The molecule has 7 nitrogen and oxygen atoms in total. The zero-order valence-electron chi connectivity index (χ0n) is 15.4. The fourth-order valence-corrected chi connectivity index (χ4v) is 4.11. The van der Waals surface area contributed by atoms with E-state index in [1.807, 2.05) is 26.0 Å². The number of nitrogens with one attached hydrogen (secondary N) is 1. The van der Waals surface area contributed by atoms with Gasteiger partial charge in [-0.2, -0.15) is 9.61 Å². The van der Waals surface area contributed by atoms with Crippen LogP contribution in [0.15, 0.2) is 65.8 Å². The lowest BCUT2D eigenvalue weighted by atomic mass is 10.0. The number of nitrogens with zero attached hydrogens (tertiary/aromatic N) is 3. The van der Waals surface area contributed by atoms with Crippen LogP contribution < -0.4 is 10.5 Å². The summed E-state index contributed by atoms with van der Waals surface area (Å²) in [6.07, 6.45) is 3.33. The maximum Gasteiger partial charge on any atom is 0.261 e. The molecular formula is C20H19N5O2S. The van der Waals surface area contributed by atoms with E-state index in [9.17, 15) is 8.42 Å². The fraction of sp³-hybridized carbons (Fsp3) is 0.100. The van der Waals surface area contributed by atoms with Crippen molar-refractivity contribution in [1.29, 1.82) is 0 Å². The van der Waals surface area contributed by atoms with E-state index in [1.165, 1.54) is 0 Å². The molecule has 4 rings (SSSR count). The van der Waals surface area contributed by atoms with Crippen molar-refractivity contribution in [2.24, 2.45) is 0 Å². The summed E-state index contributed by atoms with van der Waals surface area (Å²) >= 11 is 0. The molecule has 0 saturated heterocycles. The highest BCUT2D eigenvalue weighted by Crippen LogP contribution is 2.29. The number of nitrogen functional groups attached to an aromatic ring is 1. The molecule has 0 unspecified atom stereocenters.